The minimum atomic E-state index is -0.285. The van der Waals surface area contributed by atoms with Crippen LogP contribution in [0, 0.1) is 22.7 Å². The van der Waals surface area contributed by atoms with E-state index in [4.69, 9.17) is 5.26 Å². The second-order valence-electron chi connectivity index (χ2n) is 7.54. The summed E-state index contributed by atoms with van der Waals surface area (Å²) >= 11 is 0. The highest BCUT2D eigenvalue weighted by Gasteiger charge is 2.35. The number of amides is 1. The van der Waals surface area contributed by atoms with E-state index >= 15 is 0 Å². The number of likely N-dealkylation sites (tertiary alicyclic amines) is 1. The Labute approximate surface area is 160 Å². The third-order valence-corrected chi connectivity index (χ3v) is 5.58. The zero-order valence-corrected chi connectivity index (χ0v) is 15.6. The molecule has 0 spiro atoms. The van der Waals surface area contributed by atoms with Gasteiger partial charge in [0.05, 0.1) is 29.8 Å². The molecule has 1 aromatic heterocycles. The molecule has 1 aliphatic carbocycles. The number of hydrogen-bond donors (Lipinski definition) is 2. The Morgan fingerprint density at radius 1 is 1.26 bits per heavy atom. The third-order valence-electron chi connectivity index (χ3n) is 5.58. The van der Waals surface area contributed by atoms with Gasteiger partial charge in [0, 0.05) is 19.3 Å². The van der Waals surface area contributed by atoms with Gasteiger partial charge in [-0.1, -0.05) is 19.3 Å². The van der Waals surface area contributed by atoms with Gasteiger partial charge in [-0.25, -0.2) is 4.98 Å². The van der Waals surface area contributed by atoms with Gasteiger partial charge in [0.15, 0.2) is 0 Å². The van der Waals surface area contributed by atoms with E-state index in [0.29, 0.717) is 17.9 Å². The maximum absolute atomic E-state index is 12.7. The van der Waals surface area contributed by atoms with E-state index in [1.54, 1.807) is 18.3 Å². The first-order chi connectivity index (χ1) is 13.1. The number of aromatic nitrogens is 1. The van der Waals surface area contributed by atoms with Crippen molar-refractivity contribution in [2.45, 2.75) is 56.5 Å². The molecule has 2 heterocycles. The molecule has 0 bridgehead atoms. The zero-order chi connectivity index (χ0) is 19.1. The van der Waals surface area contributed by atoms with Gasteiger partial charge in [-0.15, -0.1) is 0 Å². The molecule has 0 aromatic carbocycles. The topological polar surface area (TPSA) is 105 Å². The molecule has 2 aliphatic rings. The molecule has 1 unspecified atom stereocenters. The van der Waals surface area contributed by atoms with Gasteiger partial charge in [-0.2, -0.15) is 10.5 Å². The van der Waals surface area contributed by atoms with Crippen LogP contribution in [0.4, 0.5) is 5.82 Å². The number of hydrogen-bond acceptors (Lipinski definition) is 6. The van der Waals surface area contributed by atoms with Crippen LogP contribution in [0.3, 0.4) is 0 Å². The van der Waals surface area contributed by atoms with Gasteiger partial charge in [0.2, 0.25) is 5.91 Å². The minimum absolute atomic E-state index is 0.00589. The van der Waals surface area contributed by atoms with Crippen LogP contribution in [0.15, 0.2) is 18.3 Å². The lowest BCUT2D eigenvalue weighted by atomic mass is 9.81. The Bertz CT molecular complexity index is 726. The van der Waals surface area contributed by atoms with Crippen LogP contribution in [0.1, 0.15) is 50.5 Å². The van der Waals surface area contributed by atoms with Crippen molar-refractivity contribution in [3.63, 3.8) is 0 Å². The molecule has 7 heteroatoms. The van der Waals surface area contributed by atoms with Crippen molar-refractivity contribution >= 4 is 11.7 Å². The molecule has 1 atom stereocenters. The molecule has 1 aromatic rings. The van der Waals surface area contributed by atoms with Crippen molar-refractivity contribution in [1.82, 2.24) is 15.2 Å². The summed E-state index contributed by atoms with van der Waals surface area (Å²) in [6.45, 7) is 1.71. The first-order valence-corrected chi connectivity index (χ1v) is 9.69. The monoisotopic (exact) mass is 366 g/mol. The van der Waals surface area contributed by atoms with Gasteiger partial charge in [-0.05, 0) is 37.8 Å². The summed E-state index contributed by atoms with van der Waals surface area (Å²) in [5, 5.41) is 24.7. The summed E-state index contributed by atoms with van der Waals surface area (Å²) in [5.74, 6) is 0.700. The fourth-order valence-corrected chi connectivity index (χ4v) is 4.08. The van der Waals surface area contributed by atoms with Crippen LogP contribution >= 0.6 is 0 Å². The van der Waals surface area contributed by atoms with Crippen molar-refractivity contribution in [3.05, 3.63) is 23.9 Å². The predicted molar refractivity (Wildman–Crippen MR) is 102 cm³/mol. The van der Waals surface area contributed by atoms with Crippen LogP contribution in [0.2, 0.25) is 0 Å². The highest BCUT2D eigenvalue weighted by Crippen LogP contribution is 2.29. The summed E-state index contributed by atoms with van der Waals surface area (Å²) in [5.41, 5.74) is 0.242. The summed E-state index contributed by atoms with van der Waals surface area (Å²) in [4.78, 5) is 18.9. The number of nitriles is 2. The quantitative estimate of drug-likeness (QED) is 0.799. The first kappa shape index (κ1) is 19.1. The number of anilines is 1. The van der Waals surface area contributed by atoms with E-state index in [-0.39, 0.29) is 24.0 Å². The van der Waals surface area contributed by atoms with Gasteiger partial charge in [0.1, 0.15) is 11.9 Å². The Balaban J connectivity index is 1.60. The average Bonchev–Trinajstić information content (AvgIpc) is 3.14. The molecule has 1 amide bonds. The van der Waals surface area contributed by atoms with Crippen LogP contribution in [0.25, 0.3) is 0 Å². The lowest BCUT2D eigenvalue weighted by Crippen LogP contribution is -2.56. The van der Waals surface area contributed by atoms with Crippen LogP contribution < -0.4 is 10.6 Å². The maximum atomic E-state index is 12.7. The van der Waals surface area contributed by atoms with E-state index in [2.05, 4.69) is 27.8 Å². The normalized spacial score (nSPS) is 21.8. The lowest BCUT2D eigenvalue weighted by molar-refractivity contribution is -0.124. The number of nitrogens with one attached hydrogen (secondary N) is 2. The molecule has 1 saturated heterocycles. The molecule has 7 nitrogen and oxygen atoms in total. The maximum Gasteiger partial charge on any atom is 0.234 e. The van der Waals surface area contributed by atoms with Gasteiger partial charge in [0.25, 0.3) is 0 Å². The van der Waals surface area contributed by atoms with Crippen molar-refractivity contribution in [2.75, 3.05) is 25.0 Å². The van der Waals surface area contributed by atoms with Crippen LogP contribution in [0.5, 0.6) is 0 Å². The Hall–Kier alpha value is -2.64. The molecule has 0 radical (unpaired) electrons. The van der Waals surface area contributed by atoms with Crippen molar-refractivity contribution in [1.29, 1.82) is 10.5 Å². The Morgan fingerprint density at radius 2 is 2.07 bits per heavy atom. The summed E-state index contributed by atoms with van der Waals surface area (Å²) in [6.07, 6.45) is 8.61. The van der Waals surface area contributed by atoms with Crippen molar-refractivity contribution in [3.8, 4) is 12.1 Å². The van der Waals surface area contributed by atoms with Crippen molar-refractivity contribution < 1.29 is 4.79 Å². The largest absolute Gasteiger partial charge is 0.368 e. The molecule has 3 rings (SSSR count). The Morgan fingerprint density at radius 3 is 2.74 bits per heavy atom. The molecule has 2 fully saturated rings. The number of rotatable bonds is 6. The van der Waals surface area contributed by atoms with Gasteiger partial charge < -0.3 is 10.6 Å². The second kappa shape index (κ2) is 8.83. The summed E-state index contributed by atoms with van der Waals surface area (Å²) in [6, 6.07) is 7.74. The first-order valence-electron chi connectivity index (χ1n) is 9.69. The molecular weight excluding hydrogens is 340 g/mol. The summed E-state index contributed by atoms with van der Waals surface area (Å²) < 4.78 is 0. The van der Waals surface area contributed by atoms with Gasteiger partial charge >= 0.3 is 0 Å². The lowest BCUT2D eigenvalue weighted by Gasteiger charge is -2.39. The number of carbonyl (C=O) groups excluding carboxylic acids is 1. The molecule has 27 heavy (non-hydrogen) atoms. The van der Waals surface area contributed by atoms with Crippen molar-refractivity contribution in [2.24, 2.45) is 0 Å². The van der Waals surface area contributed by atoms with Gasteiger partial charge in [-0.3, -0.25) is 9.69 Å². The number of nitrogens with zero attached hydrogens (tertiary/aromatic N) is 4. The number of carbonyl (C=O) groups is 1. The molecule has 1 aliphatic heterocycles. The zero-order valence-electron chi connectivity index (χ0n) is 15.6. The standard InChI is InChI=1S/C20H26N6O/c21-11-16-6-7-18(23-13-16)24-15-20(8-2-1-3-9-20)25-19(27)14-26-10-4-5-17(26)12-22/h6-7,13,17H,1-5,8-10,14-15H2,(H,23,24)(H,25,27). The fourth-order valence-electron chi connectivity index (χ4n) is 4.08. The van der Waals surface area contributed by atoms with E-state index < -0.39 is 0 Å². The SMILES string of the molecule is N#Cc1ccc(NCC2(NC(=O)CN3CCCC3C#N)CCCCC2)nc1. The highest BCUT2D eigenvalue weighted by molar-refractivity contribution is 5.79. The second-order valence-corrected chi connectivity index (χ2v) is 7.54. The predicted octanol–water partition coefficient (Wildman–Crippen LogP) is 2.17. The molecular formula is C20H26N6O. The number of pyridine rings is 1. The van der Waals surface area contributed by atoms with Crippen LogP contribution in [-0.2, 0) is 4.79 Å². The molecule has 2 N–H and O–H groups in total. The Kier molecular flexibility index (Phi) is 6.26. The molecule has 1 saturated carbocycles. The third kappa shape index (κ3) is 4.96. The van der Waals surface area contributed by atoms with E-state index in [1.165, 1.54) is 6.42 Å². The van der Waals surface area contributed by atoms with Crippen LogP contribution in [-0.4, -0.2) is 47.0 Å². The van der Waals surface area contributed by atoms with E-state index in [1.807, 2.05) is 4.90 Å². The van der Waals surface area contributed by atoms with E-state index in [0.717, 1.165) is 45.1 Å². The average molecular weight is 366 g/mol. The van der Waals surface area contributed by atoms with E-state index in [9.17, 15) is 10.1 Å². The molecule has 142 valence electrons. The fraction of sp³-hybridized carbons (Fsp3) is 0.600. The highest BCUT2D eigenvalue weighted by atomic mass is 16.2. The minimum Gasteiger partial charge on any atom is -0.368 e. The smallest absolute Gasteiger partial charge is 0.234 e. The summed E-state index contributed by atoms with van der Waals surface area (Å²) in [7, 11) is 0.